The van der Waals surface area contributed by atoms with Gasteiger partial charge in [0.1, 0.15) is 6.10 Å². The molecule has 0 aliphatic heterocycles. The Balaban J connectivity index is 1.13. The van der Waals surface area contributed by atoms with Gasteiger partial charge in [-0.2, -0.15) is 0 Å². The molecule has 0 saturated heterocycles. The van der Waals surface area contributed by atoms with E-state index in [1.54, 1.807) is 5.57 Å². The Bertz CT molecular complexity index is 1020. The van der Waals surface area contributed by atoms with Gasteiger partial charge < -0.3 is 4.74 Å². The number of allylic oxidation sites excluding steroid dienone is 5. The number of unbranched alkanes of at least 4 members (excludes halogenated alkanes) is 8. The van der Waals surface area contributed by atoms with E-state index in [-0.39, 0.29) is 12.1 Å². The third-order valence-electron chi connectivity index (χ3n) is 13.9. The Labute approximate surface area is 292 Å². The van der Waals surface area contributed by atoms with Gasteiger partial charge in [0.05, 0.1) is 0 Å². The highest BCUT2D eigenvalue weighted by Gasteiger charge is 2.59. The highest BCUT2D eigenvalue weighted by atomic mass is 16.5. The van der Waals surface area contributed by atoms with Crippen LogP contribution in [0.15, 0.2) is 36.0 Å². The largest absolute Gasteiger partial charge is 0.462 e. The van der Waals surface area contributed by atoms with Gasteiger partial charge in [0, 0.05) is 12.8 Å². The van der Waals surface area contributed by atoms with E-state index in [1.807, 2.05) is 0 Å². The van der Waals surface area contributed by atoms with E-state index in [2.05, 4.69) is 71.9 Å². The monoisotopic (exact) mass is 649 g/mol. The third kappa shape index (κ3) is 10.6. The van der Waals surface area contributed by atoms with Crippen LogP contribution in [0, 0.1) is 46.3 Å². The topological polar surface area (TPSA) is 26.3 Å². The van der Waals surface area contributed by atoms with Gasteiger partial charge in [-0.1, -0.05) is 129 Å². The lowest BCUT2D eigenvalue weighted by atomic mass is 9.47. The number of ether oxygens (including phenoxy) is 1. The lowest BCUT2D eigenvalue weighted by molar-refractivity contribution is -0.151. The van der Waals surface area contributed by atoms with Gasteiger partial charge in [0.25, 0.3) is 0 Å². The van der Waals surface area contributed by atoms with E-state index < -0.39 is 0 Å². The van der Waals surface area contributed by atoms with Crippen molar-refractivity contribution in [2.45, 2.75) is 195 Å². The van der Waals surface area contributed by atoms with Crippen molar-refractivity contribution in [1.82, 2.24) is 0 Å². The fourth-order valence-corrected chi connectivity index (χ4v) is 11.1. The number of esters is 1. The molecule has 4 rings (SSSR count). The van der Waals surface area contributed by atoms with Gasteiger partial charge in [-0.05, 0) is 130 Å². The molecule has 268 valence electrons. The summed E-state index contributed by atoms with van der Waals surface area (Å²) in [5, 5.41) is 0. The Kier molecular flexibility index (Phi) is 15.7. The molecule has 0 heterocycles. The molecule has 0 aromatic heterocycles. The molecule has 47 heavy (non-hydrogen) atoms. The van der Waals surface area contributed by atoms with Gasteiger partial charge in [0.2, 0.25) is 0 Å². The zero-order valence-corrected chi connectivity index (χ0v) is 32.0. The van der Waals surface area contributed by atoms with Crippen LogP contribution in [-0.2, 0) is 9.53 Å². The second-order valence-corrected chi connectivity index (χ2v) is 17.6. The van der Waals surface area contributed by atoms with Gasteiger partial charge >= 0.3 is 5.97 Å². The van der Waals surface area contributed by atoms with Crippen molar-refractivity contribution in [3.05, 3.63) is 36.0 Å². The van der Waals surface area contributed by atoms with Crippen LogP contribution in [0.3, 0.4) is 0 Å². The summed E-state index contributed by atoms with van der Waals surface area (Å²) in [7, 11) is 0. The van der Waals surface area contributed by atoms with Crippen LogP contribution >= 0.6 is 0 Å². The number of carbonyl (C=O) groups excluding carboxylic acids is 1. The lowest BCUT2D eigenvalue weighted by Gasteiger charge is -2.58. The molecular formula is C45H76O2. The zero-order chi connectivity index (χ0) is 33.7. The van der Waals surface area contributed by atoms with E-state index in [4.69, 9.17) is 4.74 Å². The predicted molar refractivity (Wildman–Crippen MR) is 202 cm³/mol. The van der Waals surface area contributed by atoms with Crippen molar-refractivity contribution in [3.63, 3.8) is 0 Å². The fraction of sp³-hybridized carbons (Fsp3) is 0.844. The minimum absolute atomic E-state index is 0.0477. The molecule has 0 N–H and O–H groups in total. The first kappa shape index (κ1) is 38.5. The first-order valence-electron chi connectivity index (χ1n) is 20.9. The number of rotatable bonds is 20. The summed E-state index contributed by atoms with van der Waals surface area (Å²) in [6.45, 7) is 14.9. The summed E-state index contributed by atoms with van der Waals surface area (Å²) >= 11 is 0. The number of hydrogen-bond acceptors (Lipinski definition) is 2. The van der Waals surface area contributed by atoms with Gasteiger partial charge in [-0.25, -0.2) is 0 Å². The maximum Gasteiger partial charge on any atom is 0.306 e. The van der Waals surface area contributed by atoms with E-state index >= 15 is 0 Å². The minimum atomic E-state index is 0.0477. The molecule has 3 saturated carbocycles. The minimum Gasteiger partial charge on any atom is -0.462 e. The quantitative estimate of drug-likeness (QED) is 0.0746. The zero-order valence-electron chi connectivity index (χ0n) is 32.0. The van der Waals surface area contributed by atoms with Gasteiger partial charge in [-0.3, -0.25) is 4.79 Å². The van der Waals surface area contributed by atoms with Crippen molar-refractivity contribution in [1.29, 1.82) is 0 Å². The molecule has 8 atom stereocenters. The van der Waals surface area contributed by atoms with Gasteiger partial charge in [-0.15, -0.1) is 0 Å². The van der Waals surface area contributed by atoms with Crippen LogP contribution in [0.4, 0.5) is 0 Å². The molecule has 4 aliphatic carbocycles. The molecule has 0 aromatic rings. The molecule has 2 nitrogen and oxygen atoms in total. The standard InChI is InChI=1S/C45H76O2/c1-7-8-9-10-11-12-13-14-15-16-17-18-19-20-21-25-43(46)47-38-30-32-44(5)37(34-38)26-27-39-41-29-28-40(36(4)24-22-23-35(2)3)45(41,6)33-31-42(39)44/h11-12,14-15,26,35-36,38-42H,7-10,13,16-25,27-34H2,1-6H3/b12-11+,15-14-/t36-,38+,39+,40-,41+,42+,44+,45-/m1/s1. The Morgan fingerprint density at radius 3 is 2.30 bits per heavy atom. The van der Waals surface area contributed by atoms with Crippen LogP contribution in [0.2, 0.25) is 0 Å². The van der Waals surface area contributed by atoms with E-state index in [0.29, 0.717) is 17.3 Å². The van der Waals surface area contributed by atoms with E-state index in [0.717, 1.165) is 67.6 Å². The van der Waals surface area contributed by atoms with Crippen molar-refractivity contribution in [2.24, 2.45) is 46.3 Å². The Morgan fingerprint density at radius 2 is 1.55 bits per heavy atom. The maximum atomic E-state index is 12.8. The third-order valence-corrected chi connectivity index (χ3v) is 13.9. The molecular weight excluding hydrogens is 572 g/mol. The van der Waals surface area contributed by atoms with Crippen LogP contribution in [-0.4, -0.2) is 12.1 Å². The molecule has 0 aromatic carbocycles. The molecule has 0 bridgehead atoms. The number of carbonyl (C=O) groups is 1. The Hall–Kier alpha value is -1.31. The Morgan fingerprint density at radius 1 is 0.830 bits per heavy atom. The second kappa shape index (κ2) is 19.2. The van der Waals surface area contributed by atoms with E-state index in [1.165, 1.54) is 109 Å². The van der Waals surface area contributed by atoms with Crippen molar-refractivity contribution >= 4 is 5.97 Å². The average Bonchev–Trinajstić information content (AvgIpc) is 3.40. The molecule has 0 radical (unpaired) electrons. The number of fused-ring (bicyclic) bond motifs is 5. The summed E-state index contributed by atoms with van der Waals surface area (Å²) in [6, 6.07) is 0. The van der Waals surface area contributed by atoms with Crippen LogP contribution in [0.5, 0.6) is 0 Å². The van der Waals surface area contributed by atoms with E-state index in [9.17, 15) is 4.79 Å². The number of hydrogen-bond donors (Lipinski definition) is 0. The SMILES string of the molecule is CCCCC/C=C/C/C=C\CCCCCCCC(=O)O[C@H]1CC[C@@]2(C)C(=CC[C@H]3[C@@H]4CC[C@H]([C@H](C)CCCC(C)C)[C@@]4(C)CC[C@@H]32)C1. The smallest absolute Gasteiger partial charge is 0.306 e. The fourth-order valence-electron chi connectivity index (χ4n) is 11.1. The first-order chi connectivity index (χ1) is 22.7. The van der Waals surface area contributed by atoms with Crippen molar-refractivity contribution < 1.29 is 9.53 Å². The van der Waals surface area contributed by atoms with Crippen LogP contribution in [0.1, 0.15) is 189 Å². The summed E-state index contributed by atoms with van der Waals surface area (Å²) in [6.07, 6.45) is 40.5. The first-order valence-corrected chi connectivity index (χ1v) is 20.9. The summed E-state index contributed by atoms with van der Waals surface area (Å²) in [5.41, 5.74) is 2.52. The summed E-state index contributed by atoms with van der Waals surface area (Å²) in [4.78, 5) is 12.8. The molecule has 0 amide bonds. The second-order valence-electron chi connectivity index (χ2n) is 17.6. The molecule has 2 heteroatoms. The molecule has 0 spiro atoms. The van der Waals surface area contributed by atoms with Crippen LogP contribution in [0.25, 0.3) is 0 Å². The summed E-state index contributed by atoms with van der Waals surface area (Å²) in [5.74, 6) is 5.30. The lowest BCUT2D eigenvalue weighted by Crippen LogP contribution is -2.51. The van der Waals surface area contributed by atoms with Crippen molar-refractivity contribution in [2.75, 3.05) is 0 Å². The molecule has 3 fully saturated rings. The highest BCUT2D eigenvalue weighted by Crippen LogP contribution is 2.67. The van der Waals surface area contributed by atoms with Crippen LogP contribution < -0.4 is 0 Å². The predicted octanol–water partition coefficient (Wildman–Crippen LogP) is 13.8. The molecule has 0 unspecified atom stereocenters. The normalized spacial score (nSPS) is 32.7. The van der Waals surface area contributed by atoms with Gasteiger partial charge in [0.15, 0.2) is 0 Å². The summed E-state index contributed by atoms with van der Waals surface area (Å²) < 4.78 is 6.12. The maximum absolute atomic E-state index is 12.8. The average molecular weight is 649 g/mol. The van der Waals surface area contributed by atoms with Crippen molar-refractivity contribution in [3.8, 4) is 0 Å². The molecule has 4 aliphatic rings. The highest BCUT2D eigenvalue weighted by molar-refractivity contribution is 5.69.